The van der Waals surface area contributed by atoms with Gasteiger partial charge in [0.05, 0.1) is 27.5 Å². The molecule has 0 spiro atoms. The number of fused-ring (bicyclic) bond motifs is 1. The molecule has 46 heavy (non-hydrogen) atoms. The van der Waals surface area contributed by atoms with Gasteiger partial charge in [-0.25, -0.2) is 18.7 Å². The molecule has 2 atom stereocenters. The molecule has 1 aromatic carbocycles. The minimum Gasteiger partial charge on any atom is -0.406 e. The Kier molecular flexibility index (Phi) is 8.82. The predicted molar refractivity (Wildman–Crippen MR) is 167 cm³/mol. The number of hydrogen-bond acceptors (Lipinski definition) is 7. The van der Waals surface area contributed by atoms with Crippen LogP contribution in [0.2, 0.25) is 5.02 Å². The van der Waals surface area contributed by atoms with E-state index in [2.05, 4.69) is 26.3 Å². The van der Waals surface area contributed by atoms with E-state index in [0.717, 1.165) is 18.2 Å². The summed E-state index contributed by atoms with van der Waals surface area (Å²) in [5.74, 6) is -1.70. The Balaban J connectivity index is 1.82. The van der Waals surface area contributed by atoms with Crippen LogP contribution >= 0.6 is 11.6 Å². The molecule has 2 unspecified atom stereocenters. The first-order valence-electron chi connectivity index (χ1n) is 14.5. The first-order valence-corrected chi connectivity index (χ1v) is 14.8. The highest BCUT2D eigenvalue weighted by molar-refractivity contribution is 6.34. The fourth-order valence-corrected chi connectivity index (χ4v) is 5.98. The van der Waals surface area contributed by atoms with Gasteiger partial charge in [-0.05, 0) is 68.7 Å². The van der Waals surface area contributed by atoms with E-state index in [-0.39, 0.29) is 51.7 Å². The molecule has 0 saturated carbocycles. The molecule has 1 aliphatic heterocycles. The van der Waals surface area contributed by atoms with Crippen LogP contribution in [0, 0.1) is 12.7 Å². The Bertz CT molecular complexity index is 1910. The van der Waals surface area contributed by atoms with Crippen molar-refractivity contribution in [2.75, 3.05) is 18.0 Å². The lowest BCUT2D eigenvalue weighted by Crippen LogP contribution is -2.58. The molecule has 1 saturated heterocycles. The van der Waals surface area contributed by atoms with E-state index >= 15 is 4.39 Å². The predicted octanol–water partition coefficient (Wildman–Crippen LogP) is 6.58. The third-order valence-electron chi connectivity index (χ3n) is 7.87. The number of pyridine rings is 2. The van der Waals surface area contributed by atoms with E-state index in [9.17, 15) is 22.8 Å². The number of nitrogens with zero attached hydrogens (tertiary/aromatic N) is 6. The maximum Gasteiger partial charge on any atom is 0.573 e. The number of amides is 1. The number of rotatable bonds is 6. The molecule has 9 nitrogen and oxygen atoms in total. The second-order valence-electron chi connectivity index (χ2n) is 11.5. The molecule has 4 heterocycles. The molecule has 0 N–H and O–H groups in total. The zero-order chi connectivity index (χ0) is 33.7. The zero-order valence-electron chi connectivity index (χ0n) is 25.7. The first-order chi connectivity index (χ1) is 21.6. The Labute approximate surface area is 267 Å². The summed E-state index contributed by atoms with van der Waals surface area (Å²) in [5.41, 5.74) is 0.432. The van der Waals surface area contributed by atoms with Crippen molar-refractivity contribution in [2.45, 2.75) is 59.0 Å². The van der Waals surface area contributed by atoms with Crippen molar-refractivity contribution in [3.05, 3.63) is 81.8 Å². The standard InChI is InChI=1S/C32H31ClF4N6O3/c1-7-25(44)41-14-19(6)42(15-18(41)5)29-22-13-23(33)27(21-12-20(8-9-24(21)34)46-32(35,36)37)39-30(22)43(31(45)40-29)28-17(4)10-11-38-26(28)16(2)3/h7-13,16,18-19H,1,14-15H2,2-6H3. The van der Waals surface area contributed by atoms with Crippen molar-refractivity contribution in [3.8, 4) is 22.7 Å². The number of aromatic nitrogens is 4. The van der Waals surface area contributed by atoms with Gasteiger partial charge in [0.1, 0.15) is 17.4 Å². The zero-order valence-corrected chi connectivity index (χ0v) is 26.4. The molecule has 5 rings (SSSR count). The average molecular weight is 659 g/mol. The van der Waals surface area contributed by atoms with Crippen molar-refractivity contribution in [1.82, 2.24) is 24.4 Å². The average Bonchev–Trinajstić information content (AvgIpc) is 2.98. The molecule has 242 valence electrons. The molecule has 3 aromatic heterocycles. The lowest BCUT2D eigenvalue weighted by atomic mass is 10.0. The van der Waals surface area contributed by atoms with Crippen LogP contribution in [-0.2, 0) is 4.79 Å². The number of hydrogen-bond donors (Lipinski definition) is 0. The number of anilines is 1. The van der Waals surface area contributed by atoms with Crippen LogP contribution in [0.1, 0.15) is 44.9 Å². The highest BCUT2D eigenvalue weighted by Crippen LogP contribution is 2.38. The molecule has 0 bridgehead atoms. The summed E-state index contributed by atoms with van der Waals surface area (Å²) < 4.78 is 59.6. The lowest BCUT2D eigenvalue weighted by Gasteiger charge is -2.44. The molecular weight excluding hydrogens is 628 g/mol. The quantitative estimate of drug-likeness (QED) is 0.171. The Hall–Kier alpha value is -4.52. The number of piperazine rings is 1. The van der Waals surface area contributed by atoms with Crippen LogP contribution in [0.5, 0.6) is 5.75 Å². The van der Waals surface area contributed by atoms with Gasteiger partial charge in [0.2, 0.25) is 5.91 Å². The van der Waals surface area contributed by atoms with Gasteiger partial charge in [0, 0.05) is 36.9 Å². The van der Waals surface area contributed by atoms with Crippen molar-refractivity contribution >= 4 is 34.4 Å². The Morgan fingerprint density at radius 2 is 1.85 bits per heavy atom. The number of carbonyl (C=O) groups is 1. The number of benzene rings is 1. The summed E-state index contributed by atoms with van der Waals surface area (Å²) in [6, 6.07) is 5.12. The van der Waals surface area contributed by atoms with E-state index < -0.39 is 23.6 Å². The first kappa shape index (κ1) is 32.9. The molecule has 4 aromatic rings. The molecule has 1 fully saturated rings. The number of halogens is 5. The molecule has 0 radical (unpaired) electrons. The number of carbonyl (C=O) groups excluding carboxylic acids is 1. The second-order valence-corrected chi connectivity index (χ2v) is 11.9. The van der Waals surface area contributed by atoms with E-state index in [1.165, 1.54) is 16.7 Å². The van der Waals surface area contributed by atoms with E-state index in [0.29, 0.717) is 35.4 Å². The fraction of sp³-hybridized carbons (Fsp3) is 0.344. The second kappa shape index (κ2) is 12.3. The fourth-order valence-electron chi connectivity index (χ4n) is 5.73. The van der Waals surface area contributed by atoms with Crippen molar-refractivity contribution in [3.63, 3.8) is 0 Å². The van der Waals surface area contributed by atoms with Crippen LogP contribution in [-0.4, -0.2) is 61.9 Å². The molecule has 14 heteroatoms. The van der Waals surface area contributed by atoms with Crippen LogP contribution in [0.15, 0.2) is 54.0 Å². The van der Waals surface area contributed by atoms with Gasteiger partial charge < -0.3 is 14.5 Å². The van der Waals surface area contributed by atoms with Crippen molar-refractivity contribution in [1.29, 1.82) is 0 Å². The van der Waals surface area contributed by atoms with Gasteiger partial charge in [-0.15, -0.1) is 13.2 Å². The monoisotopic (exact) mass is 658 g/mol. The minimum absolute atomic E-state index is 0.0402. The molecule has 1 amide bonds. The van der Waals surface area contributed by atoms with Crippen LogP contribution in [0.3, 0.4) is 0 Å². The van der Waals surface area contributed by atoms with E-state index in [1.807, 2.05) is 32.6 Å². The highest BCUT2D eigenvalue weighted by Gasteiger charge is 2.35. The number of alkyl halides is 3. The Morgan fingerprint density at radius 1 is 1.13 bits per heavy atom. The summed E-state index contributed by atoms with van der Waals surface area (Å²) in [6.07, 6.45) is -2.15. The summed E-state index contributed by atoms with van der Waals surface area (Å²) in [7, 11) is 0. The third-order valence-corrected chi connectivity index (χ3v) is 8.16. The highest BCUT2D eigenvalue weighted by atomic mass is 35.5. The van der Waals surface area contributed by atoms with Gasteiger partial charge >= 0.3 is 12.1 Å². The van der Waals surface area contributed by atoms with Crippen LogP contribution in [0.4, 0.5) is 23.4 Å². The molecule has 1 aliphatic rings. The lowest BCUT2D eigenvalue weighted by molar-refractivity contribution is -0.274. The largest absolute Gasteiger partial charge is 0.573 e. The summed E-state index contributed by atoms with van der Waals surface area (Å²) in [4.78, 5) is 43.8. The molecular formula is C32H31ClF4N6O3. The number of ether oxygens (including phenoxy) is 1. The maximum absolute atomic E-state index is 15.2. The van der Waals surface area contributed by atoms with Crippen LogP contribution < -0.4 is 15.3 Å². The van der Waals surface area contributed by atoms with Gasteiger partial charge in [-0.3, -0.25) is 9.78 Å². The minimum atomic E-state index is -5.02. The number of aryl methyl sites for hydroxylation is 1. The van der Waals surface area contributed by atoms with Gasteiger partial charge in [0.25, 0.3) is 0 Å². The van der Waals surface area contributed by atoms with Gasteiger partial charge in [0.15, 0.2) is 5.65 Å². The third kappa shape index (κ3) is 6.15. The smallest absolute Gasteiger partial charge is 0.406 e. The van der Waals surface area contributed by atoms with E-state index in [1.54, 1.807) is 24.1 Å². The van der Waals surface area contributed by atoms with Gasteiger partial charge in [-0.2, -0.15) is 4.98 Å². The van der Waals surface area contributed by atoms with E-state index in [4.69, 9.17) is 11.6 Å². The van der Waals surface area contributed by atoms with Crippen LogP contribution in [0.25, 0.3) is 28.0 Å². The summed E-state index contributed by atoms with van der Waals surface area (Å²) in [6.45, 7) is 13.5. The van der Waals surface area contributed by atoms with Crippen molar-refractivity contribution in [2.24, 2.45) is 0 Å². The summed E-state index contributed by atoms with van der Waals surface area (Å²) in [5, 5.41) is 0.230. The SMILES string of the molecule is C=CC(=O)N1CC(C)N(c2nc(=O)n(-c3c(C)ccnc3C(C)C)c3nc(-c4cc(OC(F)(F)F)ccc4F)c(Cl)cc23)CC1C. The van der Waals surface area contributed by atoms with Crippen molar-refractivity contribution < 1.29 is 27.1 Å². The topological polar surface area (TPSA) is 93.5 Å². The summed E-state index contributed by atoms with van der Waals surface area (Å²) >= 11 is 6.70. The molecule has 0 aliphatic carbocycles. The maximum atomic E-state index is 15.2. The Morgan fingerprint density at radius 3 is 2.50 bits per heavy atom. The normalized spacial score (nSPS) is 17.1. The van der Waals surface area contributed by atoms with Gasteiger partial charge in [-0.1, -0.05) is 32.0 Å².